The second-order valence-electron chi connectivity index (χ2n) is 6.95. The van der Waals surface area contributed by atoms with Crippen LogP contribution in [0.4, 0.5) is 0 Å². The summed E-state index contributed by atoms with van der Waals surface area (Å²) in [6.07, 6.45) is 5.18. The van der Waals surface area contributed by atoms with Crippen molar-refractivity contribution in [1.29, 1.82) is 0 Å². The van der Waals surface area contributed by atoms with Crippen molar-refractivity contribution in [2.45, 2.75) is 26.5 Å². The van der Waals surface area contributed by atoms with Crippen LogP contribution in [0.5, 0.6) is 5.75 Å². The van der Waals surface area contributed by atoms with E-state index in [1.807, 2.05) is 56.3 Å². The van der Waals surface area contributed by atoms with E-state index in [4.69, 9.17) is 15.6 Å². The number of nitrogens with zero attached hydrogens (tertiary/aromatic N) is 3. The highest BCUT2D eigenvalue weighted by Gasteiger charge is 2.10. The molecule has 1 aromatic carbocycles. The lowest BCUT2D eigenvalue weighted by Gasteiger charge is -2.12. The molecule has 7 heteroatoms. The SMILES string of the molecule is CC(C)Oc1ccccc1CN.O=C(O)c1ccc2cncc(-c3ccccn3)c2n1. The molecule has 0 unspecified atom stereocenters. The highest BCUT2D eigenvalue weighted by molar-refractivity contribution is 5.95. The van der Waals surface area contributed by atoms with Gasteiger partial charge in [-0.25, -0.2) is 9.78 Å². The van der Waals surface area contributed by atoms with Crippen molar-refractivity contribution >= 4 is 16.9 Å². The Morgan fingerprint density at radius 3 is 2.52 bits per heavy atom. The van der Waals surface area contributed by atoms with E-state index in [1.54, 1.807) is 24.7 Å². The van der Waals surface area contributed by atoms with Gasteiger partial charge in [0.05, 0.1) is 17.3 Å². The van der Waals surface area contributed by atoms with Gasteiger partial charge in [-0.3, -0.25) is 9.97 Å². The first-order chi connectivity index (χ1) is 15.0. The molecular formula is C24H24N4O3. The number of fused-ring (bicyclic) bond motifs is 1. The molecule has 0 saturated heterocycles. The average Bonchev–Trinajstić information content (AvgIpc) is 2.79. The molecule has 0 fully saturated rings. The number of carbonyl (C=O) groups is 1. The van der Waals surface area contributed by atoms with E-state index in [9.17, 15) is 4.79 Å². The zero-order chi connectivity index (χ0) is 22.2. The van der Waals surface area contributed by atoms with Gasteiger partial charge in [-0.15, -0.1) is 0 Å². The topological polar surface area (TPSA) is 111 Å². The van der Waals surface area contributed by atoms with Crippen LogP contribution < -0.4 is 10.5 Å². The Morgan fingerprint density at radius 2 is 1.84 bits per heavy atom. The van der Waals surface area contributed by atoms with Crippen molar-refractivity contribution in [2.24, 2.45) is 5.73 Å². The lowest BCUT2D eigenvalue weighted by atomic mass is 10.1. The molecule has 0 amide bonds. The van der Waals surface area contributed by atoms with Crippen LogP contribution in [0.2, 0.25) is 0 Å². The molecule has 0 aliphatic carbocycles. The lowest BCUT2D eigenvalue weighted by molar-refractivity contribution is 0.0691. The summed E-state index contributed by atoms with van der Waals surface area (Å²) in [4.78, 5) is 23.6. The van der Waals surface area contributed by atoms with E-state index in [1.165, 1.54) is 6.07 Å². The van der Waals surface area contributed by atoms with Gasteiger partial charge in [0.25, 0.3) is 0 Å². The molecule has 0 spiro atoms. The van der Waals surface area contributed by atoms with Crippen LogP contribution in [-0.2, 0) is 6.54 Å². The number of aromatic carboxylic acids is 1. The third kappa shape index (κ3) is 5.61. The van der Waals surface area contributed by atoms with Gasteiger partial charge in [0.1, 0.15) is 11.4 Å². The number of benzene rings is 1. The van der Waals surface area contributed by atoms with E-state index in [-0.39, 0.29) is 11.8 Å². The average molecular weight is 416 g/mol. The fraction of sp³-hybridized carbons (Fsp3) is 0.167. The molecule has 0 radical (unpaired) electrons. The van der Waals surface area contributed by atoms with E-state index < -0.39 is 5.97 Å². The molecule has 0 atom stereocenters. The summed E-state index contributed by atoms with van der Waals surface area (Å²) in [5.74, 6) is -0.152. The molecular weight excluding hydrogens is 392 g/mol. The number of carboxylic acids is 1. The standard InChI is InChI=1S/C14H9N3O2.C10H15NO/c18-14(19)12-5-4-9-7-15-8-10(13(9)17-12)11-3-1-2-6-16-11;1-8(2)12-10-6-4-3-5-9(10)7-11/h1-8H,(H,18,19);3-6,8H,7,11H2,1-2H3. The smallest absolute Gasteiger partial charge is 0.354 e. The molecule has 4 aromatic rings. The zero-order valence-corrected chi connectivity index (χ0v) is 17.4. The van der Waals surface area contributed by atoms with Crippen LogP contribution >= 0.6 is 0 Å². The van der Waals surface area contributed by atoms with Gasteiger partial charge in [0.15, 0.2) is 0 Å². The van der Waals surface area contributed by atoms with Crippen LogP contribution in [0.1, 0.15) is 29.9 Å². The first-order valence-corrected chi connectivity index (χ1v) is 9.83. The third-order valence-electron chi connectivity index (χ3n) is 4.31. The number of hydrogen-bond acceptors (Lipinski definition) is 6. The van der Waals surface area contributed by atoms with E-state index in [2.05, 4.69) is 15.0 Å². The number of nitrogens with two attached hydrogens (primary N) is 1. The normalized spacial score (nSPS) is 10.5. The minimum Gasteiger partial charge on any atom is -0.491 e. The van der Waals surface area contributed by atoms with Crippen LogP contribution in [0.3, 0.4) is 0 Å². The summed E-state index contributed by atoms with van der Waals surface area (Å²) in [6, 6.07) is 16.5. The van der Waals surface area contributed by atoms with Gasteiger partial charge in [-0.05, 0) is 44.2 Å². The number of hydrogen-bond donors (Lipinski definition) is 2. The largest absolute Gasteiger partial charge is 0.491 e. The Balaban J connectivity index is 0.000000196. The highest BCUT2D eigenvalue weighted by atomic mass is 16.5. The molecule has 3 N–H and O–H groups in total. The first-order valence-electron chi connectivity index (χ1n) is 9.83. The maximum Gasteiger partial charge on any atom is 0.354 e. The predicted molar refractivity (Wildman–Crippen MR) is 120 cm³/mol. The maximum absolute atomic E-state index is 11.0. The maximum atomic E-state index is 11.0. The second-order valence-corrected chi connectivity index (χ2v) is 6.95. The molecule has 31 heavy (non-hydrogen) atoms. The third-order valence-corrected chi connectivity index (χ3v) is 4.31. The molecule has 3 heterocycles. The molecule has 7 nitrogen and oxygen atoms in total. The number of aromatic nitrogens is 3. The summed E-state index contributed by atoms with van der Waals surface area (Å²) in [5.41, 5.74) is 8.65. The van der Waals surface area contributed by atoms with Gasteiger partial charge in [-0.1, -0.05) is 24.3 Å². The van der Waals surface area contributed by atoms with E-state index >= 15 is 0 Å². The van der Waals surface area contributed by atoms with Gasteiger partial charge in [0.2, 0.25) is 0 Å². The van der Waals surface area contributed by atoms with Crippen molar-refractivity contribution < 1.29 is 14.6 Å². The molecule has 0 saturated carbocycles. The monoisotopic (exact) mass is 416 g/mol. The van der Waals surface area contributed by atoms with Crippen molar-refractivity contribution in [3.63, 3.8) is 0 Å². The molecule has 0 aliphatic rings. The fourth-order valence-electron chi connectivity index (χ4n) is 2.91. The number of rotatable bonds is 5. The van der Waals surface area contributed by atoms with Crippen LogP contribution in [0.25, 0.3) is 22.2 Å². The van der Waals surface area contributed by atoms with Crippen LogP contribution in [0, 0.1) is 0 Å². The summed E-state index contributed by atoms with van der Waals surface area (Å²) < 4.78 is 5.56. The fourth-order valence-corrected chi connectivity index (χ4v) is 2.91. The summed E-state index contributed by atoms with van der Waals surface area (Å²) in [5, 5.41) is 9.80. The van der Waals surface area contributed by atoms with Gasteiger partial charge >= 0.3 is 5.97 Å². The second kappa shape index (κ2) is 10.3. The number of para-hydroxylation sites is 1. The van der Waals surface area contributed by atoms with Crippen molar-refractivity contribution in [1.82, 2.24) is 15.0 Å². The van der Waals surface area contributed by atoms with E-state index in [0.717, 1.165) is 28.0 Å². The Bertz CT molecular complexity index is 1160. The lowest BCUT2D eigenvalue weighted by Crippen LogP contribution is -2.08. The predicted octanol–water partition coefficient (Wildman–Crippen LogP) is 4.32. The van der Waals surface area contributed by atoms with Crippen molar-refractivity contribution in [3.05, 3.63) is 84.4 Å². The van der Waals surface area contributed by atoms with Crippen molar-refractivity contribution in [2.75, 3.05) is 0 Å². The van der Waals surface area contributed by atoms with Gasteiger partial charge in [-0.2, -0.15) is 0 Å². The molecule has 0 aliphatic heterocycles. The summed E-state index contributed by atoms with van der Waals surface area (Å²) in [7, 11) is 0. The molecule has 3 aromatic heterocycles. The van der Waals surface area contributed by atoms with E-state index in [0.29, 0.717) is 12.1 Å². The molecule has 0 bridgehead atoms. The van der Waals surface area contributed by atoms with Crippen molar-refractivity contribution in [3.8, 4) is 17.0 Å². The van der Waals surface area contributed by atoms with Crippen LogP contribution in [0.15, 0.2) is 73.2 Å². The van der Waals surface area contributed by atoms with Crippen LogP contribution in [-0.4, -0.2) is 32.1 Å². The summed E-state index contributed by atoms with van der Waals surface area (Å²) >= 11 is 0. The number of carboxylic acid groups (broad SMARTS) is 1. The molecule has 158 valence electrons. The molecule has 4 rings (SSSR count). The Labute approximate surface area is 180 Å². The number of pyridine rings is 3. The van der Waals surface area contributed by atoms with Gasteiger partial charge < -0.3 is 15.6 Å². The Morgan fingerprint density at radius 1 is 1.06 bits per heavy atom. The first kappa shape index (κ1) is 21.9. The summed E-state index contributed by atoms with van der Waals surface area (Å²) in [6.45, 7) is 4.55. The Hall–Kier alpha value is -3.84. The minimum atomic E-state index is -1.05. The quantitative estimate of drug-likeness (QED) is 0.498. The highest BCUT2D eigenvalue weighted by Crippen LogP contribution is 2.24. The minimum absolute atomic E-state index is 0.0101. The number of ether oxygens (including phenoxy) is 1. The zero-order valence-electron chi connectivity index (χ0n) is 17.4. The Kier molecular flexibility index (Phi) is 7.24. The van der Waals surface area contributed by atoms with Gasteiger partial charge in [0, 0.05) is 41.6 Å².